The molecule has 0 aliphatic rings. The van der Waals surface area contributed by atoms with E-state index < -0.39 is 22.0 Å². The number of fused-ring (bicyclic) bond motifs is 1. The molecule has 8 nitrogen and oxygen atoms in total. The quantitative estimate of drug-likeness (QED) is 0.311. The summed E-state index contributed by atoms with van der Waals surface area (Å²) in [5.74, 6) is -1.56. The van der Waals surface area contributed by atoms with Gasteiger partial charge in [-0.15, -0.1) is 0 Å². The summed E-state index contributed by atoms with van der Waals surface area (Å²) in [6, 6.07) is 18.1. The molecule has 0 saturated heterocycles. The first-order valence-corrected chi connectivity index (χ1v) is 11.7. The van der Waals surface area contributed by atoms with Gasteiger partial charge in [-0.2, -0.15) is 0 Å². The van der Waals surface area contributed by atoms with Crippen molar-refractivity contribution in [3.8, 4) is 0 Å². The van der Waals surface area contributed by atoms with Crippen molar-refractivity contribution in [2.45, 2.75) is 4.90 Å². The van der Waals surface area contributed by atoms with E-state index in [4.69, 9.17) is 9.47 Å². The molecule has 0 aliphatic carbocycles. The normalized spacial score (nSPS) is 12.3. The van der Waals surface area contributed by atoms with Crippen molar-refractivity contribution in [3.05, 3.63) is 90.4 Å². The Morgan fingerprint density at radius 2 is 1.41 bits per heavy atom. The highest BCUT2D eigenvalue weighted by molar-refractivity contribution is 7.90. The van der Waals surface area contributed by atoms with Gasteiger partial charge >= 0.3 is 11.9 Å². The largest absolute Gasteiger partial charge is 0.465 e. The minimum absolute atomic E-state index is 0.0399. The third kappa shape index (κ3) is 3.80. The number of carbonyl (C=O) groups excluding carboxylic acids is 2. The number of ether oxygens (including phenoxy) is 2. The van der Waals surface area contributed by atoms with E-state index in [0.717, 1.165) is 3.97 Å². The molecule has 0 N–H and O–H groups in total. The molecule has 2 aromatic carbocycles. The zero-order valence-electron chi connectivity index (χ0n) is 18.8. The van der Waals surface area contributed by atoms with Crippen LogP contribution in [0, 0.1) is 0 Å². The molecule has 4 rings (SSSR count). The Morgan fingerprint density at radius 1 is 0.794 bits per heavy atom. The number of nitrogens with zero attached hydrogens (tertiary/aromatic N) is 2. The summed E-state index contributed by atoms with van der Waals surface area (Å²) < 4.78 is 39.8. The third-order valence-electron chi connectivity index (χ3n) is 5.48. The van der Waals surface area contributed by atoms with Gasteiger partial charge in [0.1, 0.15) is 0 Å². The molecule has 0 radical (unpaired) electrons. The van der Waals surface area contributed by atoms with Gasteiger partial charge in [-0.3, -0.25) is 0 Å². The lowest BCUT2D eigenvalue weighted by Gasteiger charge is -2.13. The van der Waals surface area contributed by atoms with Crippen LogP contribution in [0.5, 0.6) is 0 Å². The van der Waals surface area contributed by atoms with Gasteiger partial charge in [-0.05, 0) is 30.3 Å². The first-order valence-electron chi connectivity index (χ1n) is 10.2. The molecule has 0 saturated carbocycles. The zero-order valence-corrected chi connectivity index (χ0v) is 19.6. The minimum Gasteiger partial charge on any atom is -0.465 e. The predicted octanol–water partition coefficient (Wildman–Crippen LogP) is 3.47. The second kappa shape index (κ2) is 9.03. The molecule has 0 fully saturated rings. The first kappa shape index (κ1) is 23.1. The second-order valence-corrected chi connectivity index (χ2v) is 9.23. The zero-order chi connectivity index (χ0) is 24.5. The highest BCUT2D eigenvalue weighted by Gasteiger charge is 2.31. The third-order valence-corrected chi connectivity index (χ3v) is 7.16. The lowest BCUT2D eigenvalue weighted by Crippen LogP contribution is -2.15. The highest BCUT2D eigenvalue weighted by Crippen LogP contribution is 2.35. The maximum absolute atomic E-state index is 13.5. The number of methoxy groups -OCH3 is 2. The van der Waals surface area contributed by atoms with Gasteiger partial charge in [-0.1, -0.05) is 36.4 Å². The van der Waals surface area contributed by atoms with Crippen LogP contribution in [-0.2, 0) is 36.1 Å². The van der Waals surface area contributed by atoms with E-state index in [0.29, 0.717) is 16.6 Å². The summed E-state index contributed by atoms with van der Waals surface area (Å²) in [5, 5.41) is 0.456. The van der Waals surface area contributed by atoms with Crippen molar-refractivity contribution in [3.63, 3.8) is 0 Å². The SMILES string of the molecule is COC(=O)/C(=C(\C(=O)OC)c1cccn1C)c1cn(S(=O)(=O)c2ccccc2)c2ccccc12. The summed E-state index contributed by atoms with van der Waals surface area (Å²) in [6.07, 6.45) is 3.06. The number of benzene rings is 2. The van der Waals surface area contributed by atoms with E-state index >= 15 is 0 Å². The second-order valence-electron chi connectivity index (χ2n) is 7.41. The number of aryl methyl sites for hydroxylation is 1. The van der Waals surface area contributed by atoms with Crippen LogP contribution in [0.25, 0.3) is 22.0 Å². The summed E-state index contributed by atoms with van der Waals surface area (Å²) in [4.78, 5) is 26.1. The molecule has 2 heterocycles. The molecule has 0 unspecified atom stereocenters. The van der Waals surface area contributed by atoms with Crippen LogP contribution >= 0.6 is 0 Å². The van der Waals surface area contributed by atoms with Gasteiger partial charge in [0.05, 0.1) is 41.5 Å². The van der Waals surface area contributed by atoms with Crippen LogP contribution in [0.4, 0.5) is 0 Å². The molecule has 0 amide bonds. The van der Waals surface area contributed by atoms with Crippen LogP contribution in [0.15, 0.2) is 84.0 Å². The van der Waals surface area contributed by atoms with Crippen molar-refractivity contribution in [2.75, 3.05) is 14.2 Å². The maximum Gasteiger partial charge on any atom is 0.340 e. The van der Waals surface area contributed by atoms with Crippen LogP contribution < -0.4 is 0 Å². The Hall–Kier alpha value is -4.11. The van der Waals surface area contributed by atoms with Crippen LogP contribution in [0.3, 0.4) is 0 Å². The molecule has 0 bridgehead atoms. The fourth-order valence-electron chi connectivity index (χ4n) is 3.86. The predicted molar refractivity (Wildman–Crippen MR) is 127 cm³/mol. The van der Waals surface area contributed by atoms with E-state index in [1.165, 1.54) is 32.5 Å². The fraction of sp³-hybridized carbons (Fsp3) is 0.120. The van der Waals surface area contributed by atoms with Crippen LogP contribution in [0.2, 0.25) is 0 Å². The molecule has 9 heteroatoms. The standard InChI is InChI=1S/C25H22N2O6S/c1-26-15-9-14-21(26)23(25(29)33-3)22(24(28)32-2)19-16-27(20-13-8-7-12-18(19)20)34(30,31)17-10-5-4-6-11-17/h4-16H,1-3H3/b23-22-. The molecule has 0 atom stereocenters. The lowest BCUT2D eigenvalue weighted by atomic mass is 9.97. The van der Waals surface area contributed by atoms with Crippen molar-refractivity contribution in [1.29, 1.82) is 0 Å². The van der Waals surface area contributed by atoms with E-state index in [1.54, 1.807) is 72.4 Å². The monoisotopic (exact) mass is 478 g/mol. The number of rotatable bonds is 6. The number of para-hydroxylation sites is 1. The van der Waals surface area contributed by atoms with Crippen molar-refractivity contribution < 1.29 is 27.5 Å². The molecule has 2 aromatic heterocycles. The molecule has 0 spiro atoms. The van der Waals surface area contributed by atoms with Gasteiger partial charge in [0.2, 0.25) is 0 Å². The van der Waals surface area contributed by atoms with Crippen LogP contribution in [-0.4, -0.2) is 43.1 Å². The Kier molecular flexibility index (Phi) is 6.12. The fourth-order valence-corrected chi connectivity index (χ4v) is 5.25. The lowest BCUT2D eigenvalue weighted by molar-refractivity contribution is -0.135. The van der Waals surface area contributed by atoms with Gasteiger partial charge in [0, 0.05) is 30.4 Å². The number of aromatic nitrogens is 2. The van der Waals surface area contributed by atoms with Gasteiger partial charge in [0.25, 0.3) is 10.0 Å². The minimum atomic E-state index is -4.00. The topological polar surface area (TPSA) is 96.6 Å². The van der Waals surface area contributed by atoms with Gasteiger partial charge < -0.3 is 14.0 Å². The molecular formula is C25H22N2O6S. The summed E-state index contributed by atoms with van der Waals surface area (Å²) in [6.45, 7) is 0. The van der Waals surface area contributed by atoms with Gasteiger partial charge in [0.15, 0.2) is 0 Å². The molecule has 34 heavy (non-hydrogen) atoms. The van der Waals surface area contributed by atoms with E-state index in [2.05, 4.69) is 0 Å². The maximum atomic E-state index is 13.5. The smallest absolute Gasteiger partial charge is 0.340 e. The van der Waals surface area contributed by atoms with Crippen LogP contribution in [0.1, 0.15) is 11.3 Å². The first-order chi connectivity index (χ1) is 16.3. The summed E-state index contributed by atoms with van der Waals surface area (Å²) in [7, 11) is 0.123. The molecule has 4 aromatic rings. The van der Waals surface area contributed by atoms with E-state index in [9.17, 15) is 18.0 Å². The van der Waals surface area contributed by atoms with Crippen molar-refractivity contribution in [1.82, 2.24) is 8.54 Å². The van der Waals surface area contributed by atoms with E-state index in [1.807, 2.05) is 0 Å². The number of hydrogen-bond donors (Lipinski definition) is 0. The number of esters is 2. The Labute approximate surface area is 196 Å². The highest BCUT2D eigenvalue weighted by atomic mass is 32.2. The van der Waals surface area contributed by atoms with E-state index in [-0.39, 0.29) is 21.6 Å². The van der Waals surface area contributed by atoms with Gasteiger partial charge in [-0.25, -0.2) is 22.0 Å². The Balaban J connectivity index is 2.12. The number of hydrogen-bond acceptors (Lipinski definition) is 6. The average Bonchev–Trinajstić information content (AvgIpc) is 3.46. The number of carbonyl (C=O) groups is 2. The van der Waals surface area contributed by atoms with Crippen molar-refractivity contribution in [2.24, 2.45) is 7.05 Å². The summed E-state index contributed by atoms with van der Waals surface area (Å²) >= 11 is 0. The molecule has 0 aliphatic heterocycles. The average molecular weight is 479 g/mol. The Bertz CT molecular complexity index is 1530. The Morgan fingerprint density at radius 3 is 2.03 bits per heavy atom. The summed E-state index contributed by atoms with van der Waals surface area (Å²) in [5.41, 5.74) is 0.841. The molecule has 174 valence electrons. The molecular weight excluding hydrogens is 456 g/mol. The van der Waals surface area contributed by atoms with Crippen molar-refractivity contribution >= 4 is 44.0 Å².